The molecule has 1 atom stereocenters. The molecule has 2 N–H and O–H groups in total. The van der Waals surface area contributed by atoms with Gasteiger partial charge >= 0.3 is 0 Å². The zero-order valence-corrected chi connectivity index (χ0v) is 13.0. The smallest absolute Gasteiger partial charge is 0.224 e. The molecule has 3 nitrogen and oxygen atoms in total. The lowest BCUT2D eigenvalue weighted by atomic mass is 10.0. The van der Waals surface area contributed by atoms with Crippen molar-refractivity contribution in [1.82, 2.24) is 10.3 Å². The monoisotopic (exact) mass is 304 g/mol. The van der Waals surface area contributed by atoms with Gasteiger partial charge in [0.15, 0.2) is 0 Å². The average molecular weight is 304 g/mol. The summed E-state index contributed by atoms with van der Waals surface area (Å²) >= 11 is 0. The Hall–Kier alpha value is -2.55. The lowest BCUT2D eigenvalue weighted by molar-refractivity contribution is -0.121. The topological polar surface area (TPSA) is 44.9 Å². The number of nitrogens with one attached hydrogen (secondary N) is 2. The fourth-order valence-electron chi connectivity index (χ4n) is 3.24. The molecular weight excluding hydrogens is 284 g/mol. The van der Waals surface area contributed by atoms with Crippen LogP contribution in [0.1, 0.15) is 30.0 Å². The van der Waals surface area contributed by atoms with Crippen LogP contribution >= 0.6 is 0 Å². The molecule has 1 aliphatic carbocycles. The Balaban J connectivity index is 1.50. The van der Waals surface area contributed by atoms with Gasteiger partial charge in [-0.25, -0.2) is 0 Å². The number of para-hydroxylation sites is 1. The molecule has 0 aliphatic heterocycles. The minimum Gasteiger partial charge on any atom is -0.361 e. The summed E-state index contributed by atoms with van der Waals surface area (Å²) in [4.78, 5) is 15.8. The number of aromatic amines is 1. The maximum atomic E-state index is 12.5. The van der Waals surface area contributed by atoms with Crippen molar-refractivity contribution in [3.05, 3.63) is 71.9 Å². The Morgan fingerprint density at radius 2 is 1.83 bits per heavy atom. The van der Waals surface area contributed by atoms with Gasteiger partial charge in [0, 0.05) is 17.1 Å². The van der Waals surface area contributed by atoms with E-state index in [0.29, 0.717) is 12.3 Å². The Morgan fingerprint density at radius 3 is 2.61 bits per heavy atom. The third kappa shape index (κ3) is 3.00. The largest absolute Gasteiger partial charge is 0.361 e. The highest BCUT2D eigenvalue weighted by Crippen LogP contribution is 2.41. The molecule has 2 aromatic carbocycles. The summed E-state index contributed by atoms with van der Waals surface area (Å²) in [6.07, 6.45) is 4.76. The minimum atomic E-state index is 0.0931. The molecule has 23 heavy (non-hydrogen) atoms. The number of hydrogen-bond acceptors (Lipinski definition) is 1. The second-order valence-electron chi connectivity index (χ2n) is 6.33. The van der Waals surface area contributed by atoms with E-state index in [1.165, 1.54) is 18.4 Å². The predicted octanol–water partition coefficient (Wildman–Crippen LogP) is 3.98. The predicted molar refractivity (Wildman–Crippen MR) is 92.1 cm³/mol. The van der Waals surface area contributed by atoms with Gasteiger partial charge in [-0.15, -0.1) is 0 Å². The summed E-state index contributed by atoms with van der Waals surface area (Å²) in [7, 11) is 0. The number of aromatic nitrogens is 1. The highest BCUT2D eigenvalue weighted by molar-refractivity contribution is 5.89. The number of carbonyl (C=O) groups excluding carboxylic acids is 1. The van der Waals surface area contributed by atoms with E-state index in [2.05, 4.69) is 28.5 Å². The summed E-state index contributed by atoms with van der Waals surface area (Å²) in [5.74, 6) is 0.680. The van der Waals surface area contributed by atoms with Crippen LogP contribution in [0.4, 0.5) is 0 Å². The molecule has 1 saturated carbocycles. The summed E-state index contributed by atoms with van der Waals surface area (Å²) in [6.45, 7) is 0. The maximum Gasteiger partial charge on any atom is 0.224 e. The molecule has 1 amide bonds. The summed E-state index contributed by atoms with van der Waals surface area (Å²) < 4.78 is 0. The number of H-pyrrole nitrogens is 1. The van der Waals surface area contributed by atoms with Crippen molar-refractivity contribution in [2.24, 2.45) is 5.92 Å². The van der Waals surface area contributed by atoms with Crippen LogP contribution in [0.15, 0.2) is 60.8 Å². The first kappa shape index (κ1) is 14.1. The molecule has 0 radical (unpaired) electrons. The van der Waals surface area contributed by atoms with Gasteiger partial charge in [0.05, 0.1) is 12.5 Å². The van der Waals surface area contributed by atoms with Crippen LogP contribution in [-0.2, 0) is 11.2 Å². The lowest BCUT2D eigenvalue weighted by Gasteiger charge is -2.18. The number of amides is 1. The second-order valence-corrected chi connectivity index (χ2v) is 6.33. The van der Waals surface area contributed by atoms with Gasteiger partial charge in [0.2, 0.25) is 5.91 Å². The first-order valence-corrected chi connectivity index (χ1v) is 8.20. The molecule has 3 aromatic rings. The van der Waals surface area contributed by atoms with Crippen molar-refractivity contribution < 1.29 is 4.79 Å². The Labute approximate surface area is 135 Å². The standard InChI is InChI=1S/C20H20N2O/c23-19(12-16-13-21-18-9-5-4-8-17(16)18)22-20(15-10-11-15)14-6-2-1-3-7-14/h1-9,13,15,20-21H,10-12H2,(H,22,23). The normalized spacial score (nSPS) is 15.5. The van der Waals surface area contributed by atoms with E-state index in [1.807, 2.05) is 42.6 Å². The van der Waals surface area contributed by atoms with E-state index in [0.717, 1.165) is 16.5 Å². The molecule has 3 heteroatoms. The molecule has 4 rings (SSSR count). The van der Waals surface area contributed by atoms with Crippen molar-refractivity contribution in [3.63, 3.8) is 0 Å². The molecule has 1 aromatic heterocycles. The third-order valence-electron chi connectivity index (χ3n) is 4.59. The Kier molecular flexibility index (Phi) is 3.62. The van der Waals surface area contributed by atoms with Crippen LogP contribution in [0.25, 0.3) is 10.9 Å². The summed E-state index contributed by atoms with van der Waals surface area (Å²) in [5.41, 5.74) is 3.35. The molecule has 1 aliphatic rings. The summed E-state index contributed by atoms with van der Waals surface area (Å²) in [6, 6.07) is 18.6. The van der Waals surface area contributed by atoms with Crippen molar-refractivity contribution in [2.45, 2.75) is 25.3 Å². The number of benzene rings is 2. The Morgan fingerprint density at radius 1 is 1.09 bits per heavy atom. The van der Waals surface area contributed by atoms with E-state index in [-0.39, 0.29) is 11.9 Å². The van der Waals surface area contributed by atoms with Crippen LogP contribution in [0.3, 0.4) is 0 Å². The van der Waals surface area contributed by atoms with Crippen LogP contribution in [0, 0.1) is 5.92 Å². The van der Waals surface area contributed by atoms with Crippen LogP contribution in [0.5, 0.6) is 0 Å². The zero-order chi connectivity index (χ0) is 15.6. The third-order valence-corrected chi connectivity index (χ3v) is 4.59. The van der Waals surface area contributed by atoms with Crippen molar-refractivity contribution in [1.29, 1.82) is 0 Å². The fraction of sp³-hybridized carbons (Fsp3) is 0.250. The van der Waals surface area contributed by atoms with Gasteiger partial charge in [-0.2, -0.15) is 0 Å². The van der Waals surface area contributed by atoms with Crippen molar-refractivity contribution >= 4 is 16.8 Å². The van der Waals surface area contributed by atoms with E-state index >= 15 is 0 Å². The quantitative estimate of drug-likeness (QED) is 0.736. The highest BCUT2D eigenvalue weighted by atomic mass is 16.1. The average Bonchev–Trinajstić information content (AvgIpc) is 3.36. The van der Waals surface area contributed by atoms with Gasteiger partial charge in [-0.1, -0.05) is 48.5 Å². The SMILES string of the molecule is O=C(Cc1c[nH]c2ccccc12)NC(c1ccccc1)C1CC1. The van der Waals surface area contributed by atoms with Gasteiger partial charge in [0.25, 0.3) is 0 Å². The zero-order valence-electron chi connectivity index (χ0n) is 13.0. The number of rotatable bonds is 5. The first-order valence-electron chi connectivity index (χ1n) is 8.20. The molecule has 0 saturated heterocycles. The van der Waals surface area contributed by atoms with Gasteiger partial charge in [0.1, 0.15) is 0 Å². The molecule has 1 heterocycles. The van der Waals surface area contributed by atoms with Crippen LogP contribution in [-0.4, -0.2) is 10.9 Å². The minimum absolute atomic E-state index is 0.0931. The van der Waals surface area contributed by atoms with Gasteiger partial charge in [-0.3, -0.25) is 4.79 Å². The Bertz CT molecular complexity index is 818. The molecule has 116 valence electrons. The summed E-state index contributed by atoms with van der Waals surface area (Å²) in [5, 5.41) is 4.38. The van der Waals surface area contributed by atoms with Crippen LogP contribution < -0.4 is 5.32 Å². The number of hydrogen-bond donors (Lipinski definition) is 2. The molecule has 1 fully saturated rings. The van der Waals surface area contributed by atoms with Crippen molar-refractivity contribution in [2.75, 3.05) is 0 Å². The van der Waals surface area contributed by atoms with E-state index in [9.17, 15) is 4.79 Å². The van der Waals surface area contributed by atoms with Gasteiger partial charge < -0.3 is 10.3 Å². The molecule has 1 unspecified atom stereocenters. The second kappa shape index (κ2) is 5.92. The van der Waals surface area contributed by atoms with Crippen molar-refractivity contribution in [3.8, 4) is 0 Å². The number of carbonyl (C=O) groups is 1. The molecule has 0 bridgehead atoms. The lowest BCUT2D eigenvalue weighted by Crippen LogP contribution is -2.31. The van der Waals surface area contributed by atoms with E-state index < -0.39 is 0 Å². The molecule has 0 spiro atoms. The molecular formula is C20H20N2O. The maximum absolute atomic E-state index is 12.5. The highest BCUT2D eigenvalue weighted by Gasteiger charge is 2.33. The fourth-order valence-corrected chi connectivity index (χ4v) is 3.24. The van der Waals surface area contributed by atoms with E-state index in [1.54, 1.807) is 0 Å². The van der Waals surface area contributed by atoms with Gasteiger partial charge in [-0.05, 0) is 36.0 Å². The first-order chi connectivity index (χ1) is 11.3. The van der Waals surface area contributed by atoms with E-state index in [4.69, 9.17) is 0 Å². The van der Waals surface area contributed by atoms with Crippen LogP contribution in [0.2, 0.25) is 0 Å². The number of fused-ring (bicyclic) bond motifs is 1.